The first-order valence-corrected chi connectivity index (χ1v) is 14.6. The standard InChI is InChI=1S/C33H42BrNO6/c1-22-12-10-16-29(37)41-28(24(3)18-17-23(2)21-25(20-22)40-32(35)39)15-8-6-7-9-19-33(4,5)31(38)26-13-11-14-27(36)30(26)34/h8-11,13-19,22-25,28,31,36,38H,12,20-21H2,1-5H3,(H2,35,39)/b15-8+,16-10-,18-17+,19-9+/t22-,23+,24+,25?,28-,31+/m0/s1. The summed E-state index contributed by atoms with van der Waals surface area (Å²) in [5, 5.41) is 20.8. The highest BCUT2D eigenvalue weighted by Gasteiger charge is 2.28. The topological polar surface area (TPSA) is 119 Å². The maximum absolute atomic E-state index is 12.5. The van der Waals surface area contributed by atoms with Crippen LogP contribution in [0.2, 0.25) is 0 Å². The highest BCUT2D eigenvalue weighted by molar-refractivity contribution is 9.10. The number of carbonyl (C=O) groups excluding carboxylic acids is 2. The lowest BCUT2D eigenvalue weighted by Crippen LogP contribution is -2.26. The Labute approximate surface area is 252 Å². The molecule has 0 saturated carbocycles. The number of aliphatic hydroxyl groups is 1. The van der Waals surface area contributed by atoms with Gasteiger partial charge < -0.3 is 25.4 Å². The van der Waals surface area contributed by atoms with Gasteiger partial charge in [0.25, 0.3) is 0 Å². The lowest BCUT2D eigenvalue weighted by molar-refractivity contribution is -0.142. The third-order valence-electron chi connectivity index (χ3n) is 6.95. The van der Waals surface area contributed by atoms with E-state index in [-0.39, 0.29) is 29.6 Å². The fraction of sp³-hybridized carbons (Fsp3) is 0.455. The quantitative estimate of drug-likeness (QED) is 0.185. The van der Waals surface area contributed by atoms with Gasteiger partial charge in [-0.05, 0) is 76.9 Å². The third-order valence-corrected chi connectivity index (χ3v) is 7.81. The molecule has 1 aliphatic heterocycles. The molecule has 1 unspecified atom stereocenters. The Bertz CT molecular complexity index is 1220. The molecule has 0 fully saturated rings. The molecule has 7 nitrogen and oxygen atoms in total. The molecule has 0 saturated heterocycles. The van der Waals surface area contributed by atoms with Crippen molar-refractivity contribution in [2.45, 2.75) is 72.2 Å². The van der Waals surface area contributed by atoms with Gasteiger partial charge in [0.1, 0.15) is 18.0 Å². The summed E-state index contributed by atoms with van der Waals surface area (Å²) < 4.78 is 11.5. The van der Waals surface area contributed by atoms with E-state index < -0.39 is 29.7 Å². The molecule has 1 heterocycles. The van der Waals surface area contributed by atoms with Gasteiger partial charge in [0, 0.05) is 17.4 Å². The van der Waals surface area contributed by atoms with Crippen LogP contribution in [0, 0.1) is 35.0 Å². The molecular weight excluding hydrogens is 586 g/mol. The first-order valence-electron chi connectivity index (χ1n) is 13.8. The summed E-state index contributed by atoms with van der Waals surface area (Å²) in [7, 11) is 0. The first-order chi connectivity index (χ1) is 19.3. The SMILES string of the molecule is C[C@H]1C/C=C\C(=O)O[C@@H](/C=C/C#C/C=C/C(C)(C)[C@H](O)c2cccc(O)c2Br)[C@H](C)/C=C/[C@@H](C)CC(OC(N)=O)C1. The van der Waals surface area contributed by atoms with Gasteiger partial charge in [0.2, 0.25) is 0 Å². The van der Waals surface area contributed by atoms with E-state index in [2.05, 4.69) is 27.8 Å². The molecular formula is C33H42BrNO6. The summed E-state index contributed by atoms with van der Waals surface area (Å²) in [6, 6.07) is 4.99. The van der Waals surface area contributed by atoms with Gasteiger partial charge in [-0.3, -0.25) is 0 Å². The molecule has 222 valence electrons. The number of phenols is 1. The van der Waals surface area contributed by atoms with Crippen LogP contribution >= 0.6 is 15.9 Å². The third kappa shape index (κ3) is 11.6. The first kappa shape index (κ1) is 33.9. The number of nitrogens with two attached hydrogens (primary N) is 1. The van der Waals surface area contributed by atoms with Crippen LogP contribution in [-0.2, 0) is 14.3 Å². The van der Waals surface area contributed by atoms with Crippen LogP contribution in [0.5, 0.6) is 5.75 Å². The number of benzene rings is 1. The van der Waals surface area contributed by atoms with Gasteiger partial charge in [-0.1, -0.05) is 82.9 Å². The number of hydrogen-bond donors (Lipinski definition) is 3. The number of primary amides is 1. The van der Waals surface area contributed by atoms with E-state index in [1.54, 1.807) is 42.5 Å². The molecule has 0 radical (unpaired) electrons. The minimum atomic E-state index is -0.870. The monoisotopic (exact) mass is 627 g/mol. The molecule has 1 aliphatic rings. The van der Waals surface area contributed by atoms with Crippen molar-refractivity contribution in [3.8, 4) is 17.6 Å². The molecule has 41 heavy (non-hydrogen) atoms. The normalized spacial score (nSPS) is 26.8. The van der Waals surface area contributed by atoms with Crippen molar-refractivity contribution in [1.29, 1.82) is 0 Å². The minimum absolute atomic E-state index is 0.0645. The van der Waals surface area contributed by atoms with Crippen LogP contribution in [0.3, 0.4) is 0 Å². The van der Waals surface area contributed by atoms with Crippen LogP contribution in [0.1, 0.15) is 65.5 Å². The van der Waals surface area contributed by atoms with E-state index in [0.717, 1.165) is 0 Å². The smallest absolute Gasteiger partial charge is 0.404 e. The molecule has 2 rings (SSSR count). The zero-order valence-electron chi connectivity index (χ0n) is 24.4. The highest BCUT2D eigenvalue weighted by Crippen LogP contribution is 2.40. The Morgan fingerprint density at radius 1 is 1.20 bits per heavy atom. The minimum Gasteiger partial charge on any atom is -0.507 e. The number of allylic oxidation sites excluding steroid dienone is 4. The highest BCUT2D eigenvalue weighted by atomic mass is 79.9. The van der Waals surface area contributed by atoms with Gasteiger partial charge in [-0.2, -0.15) is 0 Å². The van der Waals surface area contributed by atoms with Crippen molar-refractivity contribution in [1.82, 2.24) is 0 Å². The average molecular weight is 629 g/mol. The fourth-order valence-corrected chi connectivity index (χ4v) is 4.98. The molecule has 1 amide bonds. The second-order valence-corrected chi connectivity index (χ2v) is 12.1. The average Bonchev–Trinajstić information content (AvgIpc) is 2.88. The zero-order valence-corrected chi connectivity index (χ0v) is 26.0. The van der Waals surface area contributed by atoms with Gasteiger partial charge in [-0.25, -0.2) is 9.59 Å². The van der Waals surface area contributed by atoms with Crippen molar-refractivity contribution < 1.29 is 29.3 Å². The number of cyclic esters (lactones) is 1. The summed E-state index contributed by atoms with van der Waals surface area (Å²) in [6.45, 7) is 9.79. The summed E-state index contributed by atoms with van der Waals surface area (Å²) in [6.07, 6.45) is 13.6. The van der Waals surface area contributed by atoms with Crippen LogP contribution in [0.25, 0.3) is 0 Å². The van der Waals surface area contributed by atoms with Crippen LogP contribution < -0.4 is 5.73 Å². The molecule has 6 atom stereocenters. The Morgan fingerprint density at radius 2 is 1.90 bits per heavy atom. The van der Waals surface area contributed by atoms with Crippen molar-refractivity contribution in [3.63, 3.8) is 0 Å². The summed E-state index contributed by atoms with van der Waals surface area (Å²) in [5.74, 6) is 5.69. The molecule has 8 heteroatoms. The lowest BCUT2D eigenvalue weighted by atomic mass is 9.82. The van der Waals surface area contributed by atoms with E-state index in [1.807, 2.05) is 52.8 Å². The van der Waals surface area contributed by atoms with Gasteiger partial charge in [-0.15, -0.1) is 0 Å². The van der Waals surface area contributed by atoms with E-state index in [1.165, 1.54) is 6.08 Å². The van der Waals surface area contributed by atoms with E-state index in [9.17, 15) is 19.8 Å². The van der Waals surface area contributed by atoms with Crippen LogP contribution in [-0.4, -0.2) is 34.5 Å². The summed E-state index contributed by atoms with van der Waals surface area (Å²) in [4.78, 5) is 23.9. The second-order valence-electron chi connectivity index (χ2n) is 11.3. The number of phenolic OH excluding ortho intramolecular Hbond substituents is 1. The lowest BCUT2D eigenvalue weighted by Gasteiger charge is -2.28. The number of hydrogen-bond acceptors (Lipinski definition) is 6. The van der Waals surface area contributed by atoms with Crippen LogP contribution in [0.15, 0.2) is 71.3 Å². The Balaban J connectivity index is 2.15. The summed E-state index contributed by atoms with van der Waals surface area (Å²) in [5.41, 5.74) is 5.21. The number of esters is 1. The number of amides is 1. The second kappa shape index (κ2) is 16.2. The van der Waals surface area contributed by atoms with Crippen molar-refractivity contribution >= 4 is 28.0 Å². The maximum Gasteiger partial charge on any atom is 0.404 e. The van der Waals surface area contributed by atoms with Gasteiger partial charge in [0.05, 0.1) is 10.6 Å². The van der Waals surface area contributed by atoms with Crippen LogP contribution in [0.4, 0.5) is 4.79 Å². The summed E-state index contributed by atoms with van der Waals surface area (Å²) >= 11 is 3.34. The molecule has 0 bridgehead atoms. The van der Waals surface area contributed by atoms with Crippen molar-refractivity contribution in [2.24, 2.45) is 28.9 Å². The fourth-order valence-electron chi connectivity index (χ4n) is 4.50. The zero-order chi connectivity index (χ0) is 30.6. The predicted molar refractivity (Wildman–Crippen MR) is 165 cm³/mol. The van der Waals surface area contributed by atoms with E-state index >= 15 is 0 Å². The number of carbonyl (C=O) groups is 2. The number of rotatable bonds is 5. The predicted octanol–water partition coefficient (Wildman–Crippen LogP) is 6.91. The Kier molecular flexibility index (Phi) is 13.4. The van der Waals surface area contributed by atoms with Crippen molar-refractivity contribution in [3.05, 3.63) is 76.8 Å². The van der Waals surface area contributed by atoms with Crippen molar-refractivity contribution in [2.75, 3.05) is 0 Å². The Hall–Kier alpha value is -3.28. The number of aliphatic hydroxyl groups excluding tert-OH is 1. The molecule has 4 N–H and O–H groups in total. The number of aromatic hydroxyl groups is 1. The maximum atomic E-state index is 12.5. The van der Waals surface area contributed by atoms with E-state index in [0.29, 0.717) is 29.3 Å². The molecule has 0 spiro atoms. The Morgan fingerprint density at radius 3 is 2.61 bits per heavy atom. The van der Waals surface area contributed by atoms with Gasteiger partial charge >= 0.3 is 12.1 Å². The molecule has 1 aromatic rings. The van der Waals surface area contributed by atoms with E-state index in [4.69, 9.17) is 15.2 Å². The largest absolute Gasteiger partial charge is 0.507 e. The molecule has 1 aromatic carbocycles. The number of halogens is 1. The number of ether oxygens (including phenoxy) is 2. The molecule has 0 aliphatic carbocycles. The van der Waals surface area contributed by atoms with Gasteiger partial charge in [0.15, 0.2) is 0 Å². The molecule has 0 aromatic heterocycles.